The minimum atomic E-state index is -4.54. The van der Waals surface area contributed by atoms with Gasteiger partial charge in [-0.2, -0.15) is 18.3 Å². The first-order valence-corrected chi connectivity index (χ1v) is 11.1. The number of carbonyl (C=O) groups excluding carboxylic acids is 1. The molecule has 34 heavy (non-hydrogen) atoms. The van der Waals surface area contributed by atoms with Crippen molar-refractivity contribution in [2.45, 2.75) is 46.1 Å². The van der Waals surface area contributed by atoms with Crippen molar-refractivity contribution in [2.75, 3.05) is 17.2 Å². The maximum Gasteiger partial charge on any atom is 0.416 e. The summed E-state index contributed by atoms with van der Waals surface area (Å²) in [4.78, 5) is 18.9. The van der Waals surface area contributed by atoms with E-state index in [9.17, 15) is 18.0 Å². The molecule has 1 aliphatic heterocycles. The number of rotatable bonds is 7. The Labute approximate surface area is 196 Å². The van der Waals surface area contributed by atoms with Gasteiger partial charge in [-0.3, -0.25) is 9.69 Å². The van der Waals surface area contributed by atoms with Crippen molar-refractivity contribution in [2.24, 2.45) is 5.92 Å². The fraction of sp³-hybridized carbons (Fsp3) is 0.375. The van der Waals surface area contributed by atoms with Gasteiger partial charge in [0.05, 0.1) is 23.5 Å². The number of aromatic nitrogens is 3. The average Bonchev–Trinajstić information content (AvgIpc) is 3.46. The summed E-state index contributed by atoms with van der Waals surface area (Å²) >= 11 is 0. The largest absolute Gasteiger partial charge is 0.416 e. The van der Waals surface area contributed by atoms with E-state index in [1.54, 1.807) is 0 Å². The van der Waals surface area contributed by atoms with Gasteiger partial charge in [0.15, 0.2) is 0 Å². The molecule has 1 aromatic heterocycles. The fourth-order valence-electron chi connectivity index (χ4n) is 4.04. The Balaban J connectivity index is 1.49. The highest BCUT2D eigenvalue weighted by Gasteiger charge is 2.31. The van der Waals surface area contributed by atoms with E-state index >= 15 is 0 Å². The van der Waals surface area contributed by atoms with E-state index in [2.05, 4.69) is 52.5 Å². The molecule has 0 saturated carbocycles. The maximum atomic E-state index is 13.3. The number of alkyl halides is 3. The number of nitrogens with one attached hydrogen (secondary N) is 2. The van der Waals surface area contributed by atoms with Gasteiger partial charge in [0.25, 0.3) is 0 Å². The predicted octanol–water partition coefficient (Wildman–Crippen LogP) is 4.70. The molecule has 0 radical (unpaired) electrons. The van der Waals surface area contributed by atoms with Crippen LogP contribution in [0.5, 0.6) is 0 Å². The molecule has 2 N–H and O–H groups in total. The number of amides is 1. The van der Waals surface area contributed by atoms with Crippen LogP contribution in [-0.4, -0.2) is 38.2 Å². The minimum Gasteiger partial charge on any atom is -0.376 e. The van der Waals surface area contributed by atoms with Crippen LogP contribution in [0.1, 0.15) is 37.5 Å². The van der Waals surface area contributed by atoms with E-state index in [1.165, 1.54) is 29.0 Å². The molecule has 0 spiro atoms. The van der Waals surface area contributed by atoms with E-state index in [4.69, 9.17) is 0 Å². The summed E-state index contributed by atoms with van der Waals surface area (Å²) in [7, 11) is 0. The van der Waals surface area contributed by atoms with Crippen LogP contribution in [0.2, 0.25) is 0 Å². The van der Waals surface area contributed by atoms with E-state index in [1.807, 2.05) is 12.1 Å². The Morgan fingerprint density at radius 1 is 1.12 bits per heavy atom. The van der Waals surface area contributed by atoms with E-state index in [-0.39, 0.29) is 17.9 Å². The number of fused-ring (bicyclic) bond motifs is 1. The second-order valence-corrected chi connectivity index (χ2v) is 8.80. The molecule has 0 aliphatic carbocycles. The van der Waals surface area contributed by atoms with Gasteiger partial charge in [-0.1, -0.05) is 26.0 Å². The van der Waals surface area contributed by atoms with Gasteiger partial charge in [-0.25, -0.2) is 9.67 Å². The van der Waals surface area contributed by atoms with Crippen LogP contribution < -0.4 is 10.6 Å². The molecule has 0 bridgehead atoms. The predicted molar refractivity (Wildman–Crippen MR) is 123 cm³/mol. The van der Waals surface area contributed by atoms with Crippen LogP contribution in [-0.2, 0) is 24.1 Å². The SMILES string of the molecule is CC(C)C(C)N1Cc2cccc(NCC(=O)Nc3cc(C(F)(F)F)ccc3-n3cncn3)c2C1. The summed E-state index contributed by atoms with van der Waals surface area (Å²) < 4.78 is 41.1. The Kier molecular flexibility index (Phi) is 6.60. The van der Waals surface area contributed by atoms with Gasteiger partial charge in [0.2, 0.25) is 5.91 Å². The minimum absolute atomic E-state index is 0.00217. The lowest BCUT2D eigenvalue weighted by Crippen LogP contribution is -2.32. The van der Waals surface area contributed by atoms with Crippen LogP contribution in [0, 0.1) is 5.92 Å². The van der Waals surface area contributed by atoms with Crippen LogP contribution in [0.3, 0.4) is 0 Å². The molecule has 180 valence electrons. The van der Waals surface area contributed by atoms with Crippen molar-refractivity contribution in [3.8, 4) is 5.69 Å². The monoisotopic (exact) mass is 472 g/mol. The molecule has 1 amide bonds. The summed E-state index contributed by atoms with van der Waals surface area (Å²) in [6.45, 7) is 8.13. The zero-order valence-corrected chi connectivity index (χ0v) is 19.2. The topological polar surface area (TPSA) is 75.1 Å². The summed E-state index contributed by atoms with van der Waals surface area (Å²) in [6.07, 6.45) is -1.92. The first kappa shape index (κ1) is 23.7. The third-order valence-electron chi connectivity index (χ3n) is 6.25. The van der Waals surface area contributed by atoms with Crippen molar-refractivity contribution >= 4 is 17.3 Å². The summed E-state index contributed by atoms with van der Waals surface area (Å²) in [5.74, 6) is 0.0480. The number of hydrogen-bond donors (Lipinski definition) is 2. The number of halogens is 3. The zero-order chi connectivity index (χ0) is 24.5. The third-order valence-corrected chi connectivity index (χ3v) is 6.25. The second kappa shape index (κ2) is 9.46. The van der Waals surface area contributed by atoms with Gasteiger partial charge in [0, 0.05) is 24.8 Å². The summed E-state index contributed by atoms with van der Waals surface area (Å²) in [5, 5.41) is 9.71. The van der Waals surface area contributed by atoms with Crippen LogP contribution in [0.15, 0.2) is 49.1 Å². The van der Waals surface area contributed by atoms with Crippen molar-refractivity contribution in [3.63, 3.8) is 0 Å². The van der Waals surface area contributed by atoms with E-state index in [0.717, 1.165) is 36.5 Å². The van der Waals surface area contributed by atoms with Crippen molar-refractivity contribution in [1.82, 2.24) is 19.7 Å². The Hall–Kier alpha value is -3.40. The van der Waals surface area contributed by atoms with E-state index in [0.29, 0.717) is 12.0 Å². The molecular formula is C24H27F3N6O. The Morgan fingerprint density at radius 3 is 2.59 bits per heavy atom. The molecule has 0 fully saturated rings. The first-order chi connectivity index (χ1) is 16.1. The molecule has 1 atom stereocenters. The Morgan fingerprint density at radius 2 is 1.91 bits per heavy atom. The highest BCUT2D eigenvalue weighted by Crippen LogP contribution is 2.34. The molecule has 1 aliphatic rings. The van der Waals surface area contributed by atoms with Gasteiger partial charge >= 0.3 is 6.18 Å². The molecule has 2 heterocycles. The molecule has 3 aromatic rings. The maximum absolute atomic E-state index is 13.3. The molecule has 2 aromatic carbocycles. The van der Waals surface area contributed by atoms with Gasteiger partial charge in [-0.15, -0.1) is 0 Å². The molecule has 7 nitrogen and oxygen atoms in total. The first-order valence-electron chi connectivity index (χ1n) is 11.1. The van der Waals surface area contributed by atoms with Gasteiger partial charge < -0.3 is 10.6 Å². The van der Waals surface area contributed by atoms with Crippen LogP contribution in [0.4, 0.5) is 24.5 Å². The molecular weight excluding hydrogens is 445 g/mol. The smallest absolute Gasteiger partial charge is 0.376 e. The van der Waals surface area contributed by atoms with Gasteiger partial charge in [-0.05, 0) is 48.2 Å². The lowest BCUT2D eigenvalue weighted by molar-refractivity contribution is -0.137. The number of carbonyl (C=O) groups is 1. The van der Waals surface area contributed by atoms with E-state index < -0.39 is 17.6 Å². The van der Waals surface area contributed by atoms with Crippen molar-refractivity contribution < 1.29 is 18.0 Å². The van der Waals surface area contributed by atoms with Crippen LogP contribution in [0.25, 0.3) is 5.69 Å². The van der Waals surface area contributed by atoms with Gasteiger partial charge in [0.1, 0.15) is 12.7 Å². The van der Waals surface area contributed by atoms with Crippen molar-refractivity contribution in [3.05, 3.63) is 65.7 Å². The quantitative estimate of drug-likeness (QED) is 0.522. The summed E-state index contributed by atoms with van der Waals surface area (Å²) in [5.41, 5.74) is 2.64. The highest BCUT2D eigenvalue weighted by molar-refractivity contribution is 5.95. The lowest BCUT2D eigenvalue weighted by atomic mass is 10.1. The second-order valence-electron chi connectivity index (χ2n) is 8.80. The highest BCUT2D eigenvalue weighted by atomic mass is 19.4. The zero-order valence-electron chi connectivity index (χ0n) is 19.2. The summed E-state index contributed by atoms with van der Waals surface area (Å²) in [6, 6.07) is 9.47. The number of benzene rings is 2. The number of nitrogens with zero attached hydrogens (tertiary/aromatic N) is 4. The molecule has 0 saturated heterocycles. The van der Waals surface area contributed by atoms with Crippen molar-refractivity contribution in [1.29, 1.82) is 0 Å². The third kappa shape index (κ3) is 5.06. The fourth-order valence-corrected chi connectivity index (χ4v) is 4.04. The standard InChI is InChI=1S/C24H27F3N6O/c1-15(2)16(3)32-11-17-5-4-6-20(19(17)12-32)29-10-23(34)31-21-9-18(24(25,26)27)7-8-22(21)33-14-28-13-30-33/h4-9,13-16,29H,10-12H2,1-3H3,(H,31,34). The average molecular weight is 473 g/mol. The number of anilines is 2. The molecule has 4 rings (SSSR count). The molecule has 10 heteroatoms. The Bertz CT molecular complexity index is 1160. The normalized spacial score (nSPS) is 14.8. The molecule has 1 unspecified atom stereocenters. The lowest BCUT2D eigenvalue weighted by Gasteiger charge is -2.27. The van der Waals surface area contributed by atoms with Crippen LogP contribution >= 0.6 is 0 Å². The number of hydrogen-bond acceptors (Lipinski definition) is 5.